The highest BCUT2D eigenvalue weighted by molar-refractivity contribution is 5.77. The van der Waals surface area contributed by atoms with Crippen molar-refractivity contribution in [2.75, 3.05) is 32.8 Å². The van der Waals surface area contributed by atoms with Crippen molar-refractivity contribution in [1.29, 1.82) is 0 Å². The van der Waals surface area contributed by atoms with Crippen LogP contribution in [0.25, 0.3) is 0 Å². The standard InChI is InChI=1S/C20H38N2O3/c1-2-3-4-5-6-7-8-9-10-11-12-19-21-14-16-22(19,17-18-23)15-13-20(24)25/h23H,2-18H2,1H3/p+1. The number of aliphatic hydroxyl groups is 1. The lowest BCUT2D eigenvalue weighted by Crippen LogP contribution is -2.53. The van der Waals surface area contributed by atoms with Crippen LogP contribution in [0.15, 0.2) is 4.99 Å². The van der Waals surface area contributed by atoms with Gasteiger partial charge in [0, 0.05) is 6.42 Å². The van der Waals surface area contributed by atoms with Gasteiger partial charge in [-0.05, 0) is 6.42 Å². The molecule has 1 unspecified atom stereocenters. The molecule has 0 fully saturated rings. The average Bonchev–Trinajstić information content (AvgIpc) is 2.98. The normalized spacial score (nSPS) is 20.0. The molecule has 0 aromatic rings. The number of hydrogen-bond acceptors (Lipinski definition) is 3. The Hall–Kier alpha value is -0.940. The fraction of sp³-hybridized carbons (Fsp3) is 0.900. The SMILES string of the molecule is CCCCCCCCCCCCC1=NCC[N+]1(CCO)CCC(=O)O. The van der Waals surface area contributed by atoms with E-state index in [1.54, 1.807) is 0 Å². The van der Waals surface area contributed by atoms with Crippen LogP contribution in [0.2, 0.25) is 0 Å². The monoisotopic (exact) mass is 355 g/mol. The number of nitrogens with zero attached hydrogens (tertiary/aromatic N) is 2. The van der Waals surface area contributed by atoms with Crippen LogP contribution in [0.5, 0.6) is 0 Å². The molecular formula is C20H39N2O3+. The molecule has 1 rings (SSSR count). The van der Waals surface area contributed by atoms with Crippen LogP contribution < -0.4 is 0 Å². The zero-order chi connectivity index (χ0) is 18.4. The number of rotatable bonds is 16. The van der Waals surface area contributed by atoms with Crippen LogP contribution in [0.1, 0.15) is 84.0 Å². The van der Waals surface area contributed by atoms with Gasteiger partial charge in [0.25, 0.3) is 0 Å². The van der Waals surface area contributed by atoms with Gasteiger partial charge in [0.1, 0.15) is 13.1 Å². The van der Waals surface area contributed by atoms with Crippen LogP contribution in [0.4, 0.5) is 0 Å². The number of aliphatic carboxylic acids is 1. The molecule has 146 valence electrons. The molecule has 2 N–H and O–H groups in total. The van der Waals surface area contributed by atoms with E-state index in [0.29, 0.717) is 17.6 Å². The largest absolute Gasteiger partial charge is 0.481 e. The highest BCUT2D eigenvalue weighted by Gasteiger charge is 2.37. The van der Waals surface area contributed by atoms with Crippen molar-refractivity contribution in [2.24, 2.45) is 4.99 Å². The highest BCUT2D eigenvalue weighted by atomic mass is 16.4. The van der Waals surface area contributed by atoms with Crippen molar-refractivity contribution in [3.63, 3.8) is 0 Å². The van der Waals surface area contributed by atoms with Crippen molar-refractivity contribution in [3.05, 3.63) is 0 Å². The van der Waals surface area contributed by atoms with Gasteiger partial charge in [0.2, 0.25) is 0 Å². The summed E-state index contributed by atoms with van der Waals surface area (Å²) in [5.74, 6) is 0.357. The fourth-order valence-electron chi connectivity index (χ4n) is 3.83. The van der Waals surface area contributed by atoms with Crippen LogP contribution in [0, 0.1) is 0 Å². The van der Waals surface area contributed by atoms with E-state index >= 15 is 0 Å². The number of aliphatic imine (C=N–C) groups is 1. The van der Waals surface area contributed by atoms with E-state index in [9.17, 15) is 9.90 Å². The summed E-state index contributed by atoms with van der Waals surface area (Å²) in [5.41, 5.74) is 0. The molecule has 0 saturated carbocycles. The van der Waals surface area contributed by atoms with Crippen LogP contribution in [0.3, 0.4) is 0 Å². The zero-order valence-electron chi connectivity index (χ0n) is 16.2. The highest BCUT2D eigenvalue weighted by Crippen LogP contribution is 2.21. The predicted molar refractivity (Wildman–Crippen MR) is 103 cm³/mol. The second-order valence-electron chi connectivity index (χ2n) is 7.41. The number of amidine groups is 1. The van der Waals surface area contributed by atoms with Crippen molar-refractivity contribution in [2.45, 2.75) is 84.0 Å². The Kier molecular flexibility index (Phi) is 11.7. The van der Waals surface area contributed by atoms with Crippen LogP contribution >= 0.6 is 0 Å². The van der Waals surface area contributed by atoms with Gasteiger partial charge in [-0.25, -0.2) is 4.99 Å². The molecule has 0 spiro atoms. The van der Waals surface area contributed by atoms with E-state index in [1.165, 1.54) is 57.8 Å². The molecular weight excluding hydrogens is 316 g/mol. The van der Waals surface area contributed by atoms with Gasteiger partial charge in [-0.1, -0.05) is 64.7 Å². The quantitative estimate of drug-likeness (QED) is 0.325. The molecule has 0 radical (unpaired) electrons. The Labute approximate surface area is 153 Å². The van der Waals surface area contributed by atoms with Crippen molar-refractivity contribution >= 4 is 11.8 Å². The van der Waals surface area contributed by atoms with E-state index in [2.05, 4.69) is 11.9 Å². The van der Waals surface area contributed by atoms with Crippen LogP contribution in [-0.2, 0) is 4.79 Å². The Balaban J connectivity index is 2.20. The number of carboxylic acid groups (broad SMARTS) is 1. The topological polar surface area (TPSA) is 69.9 Å². The Morgan fingerprint density at radius 2 is 1.60 bits per heavy atom. The van der Waals surface area contributed by atoms with E-state index < -0.39 is 5.97 Å². The maximum atomic E-state index is 10.9. The van der Waals surface area contributed by atoms with Gasteiger partial charge in [0.05, 0.1) is 26.1 Å². The first-order valence-corrected chi connectivity index (χ1v) is 10.4. The molecule has 0 bridgehead atoms. The van der Waals surface area contributed by atoms with Gasteiger partial charge >= 0.3 is 5.97 Å². The third-order valence-corrected chi connectivity index (χ3v) is 5.41. The summed E-state index contributed by atoms with van der Waals surface area (Å²) in [4.78, 5) is 15.6. The zero-order valence-corrected chi connectivity index (χ0v) is 16.2. The summed E-state index contributed by atoms with van der Waals surface area (Å²) in [6.45, 7) is 5.13. The molecule has 0 amide bonds. The van der Waals surface area contributed by atoms with E-state index in [4.69, 9.17) is 5.11 Å². The minimum Gasteiger partial charge on any atom is -0.481 e. The molecule has 5 heteroatoms. The summed E-state index contributed by atoms with van der Waals surface area (Å²) in [7, 11) is 0. The second kappa shape index (κ2) is 13.3. The molecule has 1 aliphatic heterocycles. The van der Waals surface area contributed by atoms with E-state index in [1.807, 2.05) is 0 Å². The summed E-state index contributed by atoms with van der Waals surface area (Å²) in [6, 6.07) is 0. The Morgan fingerprint density at radius 3 is 2.16 bits per heavy atom. The van der Waals surface area contributed by atoms with Crippen molar-refractivity contribution in [3.8, 4) is 0 Å². The molecule has 0 aromatic heterocycles. The van der Waals surface area contributed by atoms with Gasteiger partial charge in [0.15, 0.2) is 5.84 Å². The molecule has 0 saturated heterocycles. The van der Waals surface area contributed by atoms with Crippen molar-refractivity contribution in [1.82, 2.24) is 0 Å². The first-order chi connectivity index (χ1) is 12.1. The molecule has 25 heavy (non-hydrogen) atoms. The lowest BCUT2D eigenvalue weighted by molar-refractivity contribution is -0.836. The average molecular weight is 356 g/mol. The number of carboxylic acids is 1. The predicted octanol–water partition coefficient (Wildman–Crippen LogP) is 3.99. The smallest absolute Gasteiger partial charge is 0.309 e. The number of aliphatic hydroxyl groups excluding tert-OH is 1. The lowest BCUT2D eigenvalue weighted by atomic mass is 10.1. The first kappa shape index (κ1) is 22.1. The summed E-state index contributed by atoms with van der Waals surface area (Å²) >= 11 is 0. The van der Waals surface area contributed by atoms with Gasteiger partial charge < -0.3 is 10.2 Å². The maximum Gasteiger partial charge on any atom is 0.309 e. The van der Waals surface area contributed by atoms with E-state index in [-0.39, 0.29) is 13.0 Å². The van der Waals surface area contributed by atoms with Gasteiger partial charge in [-0.2, -0.15) is 0 Å². The minimum atomic E-state index is -0.763. The number of carbonyl (C=O) groups is 1. The van der Waals surface area contributed by atoms with Crippen molar-refractivity contribution < 1.29 is 19.5 Å². The molecule has 0 aliphatic carbocycles. The molecule has 0 aromatic carbocycles. The third kappa shape index (κ3) is 8.82. The third-order valence-electron chi connectivity index (χ3n) is 5.41. The fourth-order valence-corrected chi connectivity index (χ4v) is 3.83. The molecule has 5 nitrogen and oxygen atoms in total. The van der Waals surface area contributed by atoms with Gasteiger partial charge in [-0.15, -0.1) is 0 Å². The summed E-state index contributed by atoms with van der Waals surface area (Å²) in [5, 5.41) is 18.4. The van der Waals surface area contributed by atoms with Gasteiger partial charge in [-0.3, -0.25) is 9.28 Å². The van der Waals surface area contributed by atoms with Crippen LogP contribution in [-0.4, -0.2) is 59.3 Å². The Bertz CT molecular complexity index is 398. The maximum absolute atomic E-state index is 10.9. The second-order valence-corrected chi connectivity index (χ2v) is 7.41. The minimum absolute atomic E-state index is 0.0939. The van der Waals surface area contributed by atoms with E-state index in [0.717, 1.165) is 31.8 Å². The molecule has 1 aliphatic rings. The molecule has 1 atom stereocenters. The summed E-state index contributed by atoms with van der Waals surface area (Å²) in [6.07, 6.45) is 14.3. The number of quaternary nitrogens is 1. The first-order valence-electron chi connectivity index (χ1n) is 10.4. The summed E-state index contributed by atoms with van der Waals surface area (Å²) < 4.78 is 0.597. The number of unbranched alkanes of at least 4 members (excludes halogenated alkanes) is 9. The lowest BCUT2D eigenvalue weighted by Gasteiger charge is -2.34. The Morgan fingerprint density at radius 1 is 1.00 bits per heavy atom. The number of hydrogen-bond donors (Lipinski definition) is 2. The molecule has 1 heterocycles.